The van der Waals surface area contributed by atoms with Crippen LogP contribution in [0.4, 0.5) is 0 Å². The van der Waals surface area contributed by atoms with Crippen LogP contribution in [0.15, 0.2) is 64.7 Å². The van der Waals surface area contributed by atoms with Gasteiger partial charge in [0.2, 0.25) is 9.84 Å². The fourth-order valence-corrected chi connectivity index (χ4v) is 3.15. The highest BCUT2D eigenvalue weighted by Gasteiger charge is 2.24. The van der Waals surface area contributed by atoms with Crippen LogP contribution in [0.2, 0.25) is 0 Å². The number of allylic oxidation sites excluding steroid dienone is 1. The SMILES string of the molecule is CC(=O)/C(=C/c1cccnc1)S(=O)(=O)c1ccccc1. The van der Waals surface area contributed by atoms with Gasteiger partial charge in [-0.15, -0.1) is 0 Å². The molecule has 2 aromatic rings. The second kappa shape index (κ2) is 5.79. The van der Waals surface area contributed by atoms with Crippen LogP contribution in [0.3, 0.4) is 0 Å². The molecule has 2 rings (SSSR count). The molecule has 0 bridgehead atoms. The van der Waals surface area contributed by atoms with Gasteiger partial charge in [0.15, 0.2) is 5.78 Å². The molecule has 0 N–H and O–H groups in total. The lowest BCUT2D eigenvalue weighted by molar-refractivity contribution is -0.112. The first-order valence-corrected chi connectivity index (χ1v) is 7.43. The zero-order valence-corrected chi connectivity index (χ0v) is 11.7. The topological polar surface area (TPSA) is 64.1 Å². The third kappa shape index (κ3) is 3.00. The Labute approximate surface area is 117 Å². The molecule has 0 atom stereocenters. The van der Waals surface area contributed by atoms with Crippen molar-refractivity contribution in [3.63, 3.8) is 0 Å². The van der Waals surface area contributed by atoms with Gasteiger partial charge in [-0.25, -0.2) is 8.42 Å². The maximum absolute atomic E-state index is 12.5. The lowest BCUT2D eigenvalue weighted by Crippen LogP contribution is -2.11. The number of pyridine rings is 1. The van der Waals surface area contributed by atoms with E-state index in [9.17, 15) is 13.2 Å². The number of hydrogen-bond donors (Lipinski definition) is 0. The summed E-state index contributed by atoms with van der Waals surface area (Å²) in [6, 6.07) is 11.3. The van der Waals surface area contributed by atoms with Crippen molar-refractivity contribution in [3.8, 4) is 0 Å². The molecule has 1 aromatic carbocycles. The molecule has 0 saturated carbocycles. The summed E-state index contributed by atoms with van der Waals surface area (Å²) in [5.74, 6) is -0.502. The van der Waals surface area contributed by atoms with Crippen LogP contribution in [0.25, 0.3) is 6.08 Å². The number of ketones is 1. The fraction of sp³-hybridized carbons (Fsp3) is 0.0667. The number of carbonyl (C=O) groups excluding carboxylic acids is 1. The molecule has 0 saturated heterocycles. The van der Waals surface area contributed by atoms with Gasteiger partial charge in [0.1, 0.15) is 4.91 Å². The number of aromatic nitrogens is 1. The van der Waals surface area contributed by atoms with Gasteiger partial charge in [-0.3, -0.25) is 9.78 Å². The first-order chi connectivity index (χ1) is 9.51. The fourth-order valence-electron chi connectivity index (χ4n) is 1.71. The van der Waals surface area contributed by atoms with E-state index in [2.05, 4.69) is 4.98 Å². The molecule has 5 heteroatoms. The van der Waals surface area contributed by atoms with Crippen LogP contribution >= 0.6 is 0 Å². The molecule has 0 radical (unpaired) electrons. The highest BCUT2D eigenvalue weighted by Crippen LogP contribution is 2.21. The van der Waals surface area contributed by atoms with Crippen LogP contribution in [-0.2, 0) is 14.6 Å². The van der Waals surface area contributed by atoms with Crippen LogP contribution in [-0.4, -0.2) is 19.2 Å². The number of rotatable bonds is 4. The Bertz CT molecular complexity index is 735. The van der Waals surface area contributed by atoms with Crippen molar-refractivity contribution in [2.24, 2.45) is 0 Å². The molecular formula is C15H13NO3S. The first kappa shape index (κ1) is 14.1. The maximum atomic E-state index is 12.5. The highest BCUT2D eigenvalue weighted by molar-refractivity contribution is 7.96. The van der Waals surface area contributed by atoms with E-state index in [-0.39, 0.29) is 9.80 Å². The van der Waals surface area contributed by atoms with Crippen molar-refractivity contribution >= 4 is 21.7 Å². The van der Waals surface area contributed by atoms with E-state index in [1.54, 1.807) is 36.5 Å². The van der Waals surface area contributed by atoms with Crippen LogP contribution in [0.5, 0.6) is 0 Å². The molecule has 0 unspecified atom stereocenters. The molecule has 4 nitrogen and oxygen atoms in total. The van der Waals surface area contributed by atoms with E-state index < -0.39 is 15.6 Å². The molecule has 0 aliphatic rings. The lowest BCUT2D eigenvalue weighted by Gasteiger charge is -2.06. The van der Waals surface area contributed by atoms with Crippen molar-refractivity contribution in [1.29, 1.82) is 0 Å². The highest BCUT2D eigenvalue weighted by atomic mass is 32.2. The minimum Gasteiger partial charge on any atom is -0.294 e. The minimum absolute atomic E-state index is 0.102. The van der Waals surface area contributed by atoms with E-state index in [0.29, 0.717) is 5.56 Å². The molecule has 1 aromatic heterocycles. The zero-order valence-electron chi connectivity index (χ0n) is 10.9. The van der Waals surface area contributed by atoms with Gasteiger partial charge in [0, 0.05) is 12.4 Å². The quantitative estimate of drug-likeness (QED) is 0.810. The van der Waals surface area contributed by atoms with Gasteiger partial charge in [-0.05, 0) is 36.8 Å². The zero-order chi connectivity index (χ0) is 14.6. The van der Waals surface area contributed by atoms with E-state index >= 15 is 0 Å². The van der Waals surface area contributed by atoms with Crippen molar-refractivity contribution in [3.05, 3.63) is 65.3 Å². The Morgan fingerprint density at radius 1 is 1.10 bits per heavy atom. The molecule has 20 heavy (non-hydrogen) atoms. The predicted octanol–water partition coefficient (Wildman–Crippen LogP) is 2.49. The van der Waals surface area contributed by atoms with Gasteiger partial charge >= 0.3 is 0 Å². The summed E-state index contributed by atoms with van der Waals surface area (Å²) in [7, 11) is -3.81. The molecule has 0 fully saturated rings. The normalized spacial score (nSPS) is 12.2. The van der Waals surface area contributed by atoms with Crippen molar-refractivity contribution < 1.29 is 13.2 Å². The smallest absolute Gasteiger partial charge is 0.210 e. The van der Waals surface area contributed by atoms with E-state index in [1.165, 1.54) is 31.3 Å². The largest absolute Gasteiger partial charge is 0.294 e. The van der Waals surface area contributed by atoms with E-state index in [4.69, 9.17) is 0 Å². The number of hydrogen-bond acceptors (Lipinski definition) is 4. The van der Waals surface area contributed by atoms with Crippen LogP contribution in [0.1, 0.15) is 12.5 Å². The van der Waals surface area contributed by atoms with Gasteiger partial charge in [0.05, 0.1) is 4.90 Å². The molecule has 0 aliphatic carbocycles. The summed E-state index contributed by atoms with van der Waals surface area (Å²) in [6.07, 6.45) is 4.43. The Kier molecular flexibility index (Phi) is 4.10. The lowest BCUT2D eigenvalue weighted by atomic mass is 10.2. The predicted molar refractivity (Wildman–Crippen MR) is 76.5 cm³/mol. The maximum Gasteiger partial charge on any atom is 0.210 e. The third-order valence-corrected chi connectivity index (χ3v) is 4.55. The Morgan fingerprint density at radius 2 is 1.80 bits per heavy atom. The molecule has 0 amide bonds. The number of nitrogens with zero attached hydrogens (tertiary/aromatic N) is 1. The van der Waals surface area contributed by atoms with Gasteiger partial charge < -0.3 is 0 Å². The first-order valence-electron chi connectivity index (χ1n) is 5.94. The second-order valence-corrected chi connectivity index (χ2v) is 6.09. The Balaban J connectivity index is 2.56. The summed E-state index contributed by atoms with van der Waals surface area (Å²) < 4.78 is 24.9. The summed E-state index contributed by atoms with van der Waals surface area (Å²) in [4.78, 5) is 15.5. The standard InChI is InChI=1S/C15H13NO3S/c1-12(17)15(10-13-6-5-9-16-11-13)20(18,19)14-7-3-2-4-8-14/h2-11H,1H3/b15-10-. The Hall–Kier alpha value is -2.27. The molecule has 102 valence electrons. The van der Waals surface area contributed by atoms with E-state index in [1.807, 2.05) is 0 Å². The molecule has 0 spiro atoms. The number of carbonyl (C=O) groups is 1. The monoisotopic (exact) mass is 287 g/mol. The number of Topliss-reactive ketones (excluding diaryl/α,β-unsaturated/α-hetero) is 1. The second-order valence-electron chi connectivity index (χ2n) is 4.17. The summed E-state index contributed by atoms with van der Waals surface area (Å²) in [6.45, 7) is 1.24. The van der Waals surface area contributed by atoms with Crippen LogP contribution < -0.4 is 0 Å². The number of sulfone groups is 1. The minimum atomic E-state index is -3.81. The molecule has 0 aliphatic heterocycles. The third-order valence-electron chi connectivity index (χ3n) is 2.67. The van der Waals surface area contributed by atoms with Gasteiger partial charge in [-0.1, -0.05) is 24.3 Å². The van der Waals surface area contributed by atoms with Crippen LogP contribution in [0, 0.1) is 0 Å². The summed E-state index contributed by atoms with van der Waals surface area (Å²) in [5.41, 5.74) is 0.567. The number of benzene rings is 1. The Morgan fingerprint density at radius 3 is 2.35 bits per heavy atom. The van der Waals surface area contributed by atoms with E-state index in [0.717, 1.165) is 0 Å². The van der Waals surface area contributed by atoms with Crippen molar-refractivity contribution in [1.82, 2.24) is 4.98 Å². The summed E-state index contributed by atoms with van der Waals surface area (Å²) >= 11 is 0. The van der Waals surface area contributed by atoms with Crippen molar-refractivity contribution in [2.75, 3.05) is 0 Å². The molecule has 1 heterocycles. The van der Waals surface area contributed by atoms with Gasteiger partial charge in [0.25, 0.3) is 0 Å². The van der Waals surface area contributed by atoms with Crippen molar-refractivity contribution in [2.45, 2.75) is 11.8 Å². The summed E-state index contributed by atoms with van der Waals surface area (Å²) in [5, 5.41) is 0. The average Bonchev–Trinajstić information content (AvgIpc) is 2.46. The molecular weight excluding hydrogens is 274 g/mol. The van der Waals surface area contributed by atoms with Gasteiger partial charge in [-0.2, -0.15) is 0 Å². The average molecular weight is 287 g/mol.